The van der Waals surface area contributed by atoms with Crippen molar-refractivity contribution in [3.63, 3.8) is 0 Å². The Labute approximate surface area is 161 Å². The Bertz CT molecular complexity index is 692. The van der Waals surface area contributed by atoms with E-state index in [9.17, 15) is 4.79 Å². The highest BCUT2D eigenvalue weighted by Crippen LogP contribution is 2.19. The van der Waals surface area contributed by atoms with Gasteiger partial charge in [-0.1, -0.05) is 42.0 Å². The van der Waals surface area contributed by atoms with Gasteiger partial charge in [-0.3, -0.25) is 4.79 Å². The average Bonchev–Trinajstić information content (AvgIpc) is 2.60. The van der Waals surface area contributed by atoms with Crippen LogP contribution in [0.15, 0.2) is 48.5 Å². The predicted molar refractivity (Wildman–Crippen MR) is 106 cm³/mol. The molecule has 0 bridgehead atoms. The minimum Gasteiger partial charge on any atom is -0.489 e. The third-order valence-corrected chi connectivity index (χ3v) is 3.91. The Hall–Kier alpha value is -2.08. The van der Waals surface area contributed by atoms with Crippen molar-refractivity contribution < 1.29 is 14.3 Å². The molecule has 0 spiro atoms. The van der Waals surface area contributed by atoms with E-state index in [0.717, 1.165) is 16.9 Å². The van der Waals surface area contributed by atoms with E-state index in [1.807, 2.05) is 43.3 Å². The normalized spacial score (nSPS) is 12.6. The molecule has 1 amide bonds. The van der Waals surface area contributed by atoms with Gasteiger partial charge in [-0.05, 0) is 37.1 Å². The van der Waals surface area contributed by atoms with Gasteiger partial charge in [-0.2, -0.15) is 0 Å². The lowest BCUT2D eigenvalue weighted by Gasteiger charge is -2.18. The molecule has 2 unspecified atom stereocenters. The van der Waals surface area contributed by atoms with Crippen molar-refractivity contribution in [2.75, 3.05) is 13.7 Å². The molecule has 2 atom stereocenters. The zero-order valence-corrected chi connectivity index (χ0v) is 16.2. The summed E-state index contributed by atoms with van der Waals surface area (Å²) in [6, 6.07) is 15.1. The number of carbonyl (C=O) groups is 1. The van der Waals surface area contributed by atoms with E-state index in [2.05, 4.69) is 24.4 Å². The summed E-state index contributed by atoms with van der Waals surface area (Å²) in [6.07, 6.45) is 0. The second kappa shape index (κ2) is 10.8. The summed E-state index contributed by atoms with van der Waals surface area (Å²) < 4.78 is 10.7. The van der Waals surface area contributed by atoms with E-state index >= 15 is 0 Å². The molecule has 5 nitrogen and oxygen atoms in total. The minimum absolute atomic E-state index is 0. The number of ether oxygens (including phenoxy) is 2. The summed E-state index contributed by atoms with van der Waals surface area (Å²) in [7, 11) is 1.52. The number of halogens is 1. The maximum atomic E-state index is 11.9. The van der Waals surface area contributed by atoms with Crippen LogP contribution in [-0.2, 0) is 16.1 Å². The molecule has 0 aromatic heterocycles. The number of rotatable bonds is 8. The highest BCUT2D eigenvalue weighted by molar-refractivity contribution is 5.85. The van der Waals surface area contributed by atoms with Gasteiger partial charge in [0.15, 0.2) is 0 Å². The molecule has 6 heteroatoms. The summed E-state index contributed by atoms with van der Waals surface area (Å²) in [5.74, 6) is 0.564. The summed E-state index contributed by atoms with van der Waals surface area (Å²) >= 11 is 0. The number of nitrogens with one attached hydrogen (secondary N) is 1. The number of benzene rings is 2. The molecule has 0 saturated carbocycles. The van der Waals surface area contributed by atoms with Crippen LogP contribution in [0, 0.1) is 6.92 Å². The molecule has 0 fully saturated rings. The first-order chi connectivity index (χ1) is 12.0. The number of methoxy groups -OCH3 is 1. The third kappa shape index (κ3) is 6.67. The van der Waals surface area contributed by atoms with Crippen LogP contribution in [0.3, 0.4) is 0 Å². The van der Waals surface area contributed by atoms with Crippen molar-refractivity contribution in [1.82, 2.24) is 5.32 Å². The Morgan fingerprint density at radius 2 is 1.88 bits per heavy atom. The molecule has 0 aliphatic rings. The van der Waals surface area contributed by atoms with Crippen molar-refractivity contribution in [3.05, 3.63) is 65.2 Å². The van der Waals surface area contributed by atoms with E-state index < -0.39 is 6.04 Å². The Morgan fingerprint density at radius 3 is 2.50 bits per heavy atom. The smallest absolute Gasteiger partial charge is 0.239 e. The molecule has 2 aromatic rings. The van der Waals surface area contributed by atoms with Crippen LogP contribution >= 0.6 is 12.4 Å². The molecule has 0 aliphatic carbocycles. The monoisotopic (exact) mass is 378 g/mol. The summed E-state index contributed by atoms with van der Waals surface area (Å²) in [5.41, 5.74) is 9.06. The molecule has 26 heavy (non-hydrogen) atoms. The van der Waals surface area contributed by atoms with Gasteiger partial charge < -0.3 is 20.5 Å². The van der Waals surface area contributed by atoms with E-state index in [0.29, 0.717) is 6.61 Å². The van der Waals surface area contributed by atoms with Crippen molar-refractivity contribution in [2.45, 2.75) is 32.5 Å². The van der Waals surface area contributed by atoms with Gasteiger partial charge in [0, 0.05) is 7.11 Å². The fraction of sp³-hybridized carbons (Fsp3) is 0.350. The zero-order valence-electron chi connectivity index (χ0n) is 15.4. The minimum atomic E-state index is -0.663. The maximum Gasteiger partial charge on any atom is 0.239 e. The predicted octanol–water partition coefficient (Wildman–Crippen LogP) is 3.15. The molecule has 0 saturated heterocycles. The molecular formula is C20H27ClN2O3. The molecule has 3 N–H and O–H groups in total. The summed E-state index contributed by atoms with van der Waals surface area (Å²) in [6.45, 7) is 4.70. The second-order valence-corrected chi connectivity index (χ2v) is 6.14. The standard InChI is InChI=1S/C20H26N2O3.ClH/c1-14-5-4-6-16(11-14)12-25-18-9-7-17(8-10-18)15(2)22-20(23)19(21)13-24-3;/h4-11,15,19H,12-13,21H2,1-3H3,(H,22,23);1H. The van der Waals surface area contributed by atoms with Crippen molar-refractivity contribution in [3.8, 4) is 5.75 Å². The Morgan fingerprint density at radius 1 is 1.19 bits per heavy atom. The second-order valence-electron chi connectivity index (χ2n) is 6.14. The fourth-order valence-electron chi connectivity index (χ4n) is 2.48. The molecule has 0 aliphatic heterocycles. The highest BCUT2D eigenvalue weighted by Gasteiger charge is 2.16. The Balaban J connectivity index is 0.00000338. The summed E-state index contributed by atoms with van der Waals surface area (Å²) in [4.78, 5) is 11.9. The SMILES string of the molecule is COCC(N)C(=O)NC(C)c1ccc(OCc2cccc(C)c2)cc1.Cl. The maximum absolute atomic E-state index is 11.9. The number of nitrogens with two attached hydrogens (primary N) is 1. The number of carbonyl (C=O) groups excluding carboxylic acids is 1. The first kappa shape index (κ1) is 22.0. The van der Waals surface area contributed by atoms with E-state index in [1.54, 1.807) is 0 Å². The van der Waals surface area contributed by atoms with Crippen LogP contribution in [0.1, 0.15) is 29.7 Å². The topological polar surface area (TPSA) is 73.6 Å². The zero-order chi connectivity index (χ0) is 18.2. The number of aryl methyl sites for hydroxylation is 1. The van der Waals surface area contributed by atoms with E-state index in [4.69, 9.17) is 15.2 Å². The van der Waals surface area contributed by atoms with Crippen molar-refractivity contribution in [1.29, 1.82) is 0 Å². The van der Waals surface area contributed by atoms with Crippen LogP contribution < -0.4 is 15.8 Å². The van der Waals surface area contributed by atoms with Crippen molar-refractivity contribution >= 4 is 18.3 Å². The lowest BCUT2D eigenvalue weighted by molar-refractivity contribution is -0.124. The number of amides is 1. The highest BCUT2D eigenvalue weighted by atomic mass is 35.5. The lowest BCUT2D eigenvalue weighted by atomic mass is 10.1. The summed E-state index contributed by atoms with van der Waals surface area (Å²) in [5, 5.41) is 2.88. The van der Waals surface area contributed by atoms with E-state index in [-0.39, 0.29) is 31.0 Å². The largest absolute Gasteiger partial charge is 0.489 e. The first-order valence-electron chi connectivity index (χ1n) is 8.33. The molecule has 2 rings (SSSR count). The van der Waals surface area contributed by atoms with Crippen molar-refractivity contribution in [2.24, 2.45) is 5.73 Å². The van der Waals surface area contributed by atoms with Crippen LogP contribution in [0.5, 0.6) is 5.75 Å². The van der Waals surface area contributed by atoms with Gasteiger partial charge in [0.25, 0.3) is 0 Å². The van der Waals surface area contributed by atoms with Crippen LogP contribution in [0.25, 0.3) is 0 Å². The van der Waals surface area contributed by atoms with E-state index in [1.165, 1.54) is 12.7 Å². The average molecular weight is 379 g/mol. The third-order valence-electron chi connectivity index (χ3n) is 3.91. The Kier molecular flexibility index (Phi) is 9.13. The molecule has 0 radical (unpaired) electrons. The molecular weight excluding hydrogens is 352 g/mol. The first-order valence-corrected chi connectivity index (χ1v) is 8.33. The lowest BCUT2D eigenvalue weighted by Crippen LogP contribution is -2.44. The fourth-order valence-corrected chi connectivity index (χ4v) is 2.48. The van der Waals surface area contributed by atoms with Gasteiger partial charge in [0.05, 0.1) is 12.6 Å². The quantitative estimate of drug-likeness (QED) is 0.740. The molecule has 0 heterocycles. The van der Waals surface area contributed by atoms with Gasteiger partial charge >= 0.3 is 0 Å². The van der Waals surface area contributed by atoms with Crippen LogP contribution in [0.2, 0.25) is 0 Å². The van der Waals surface area contributed by atoms with Gasteiger partial charge in [-0.15, -0.1) is 12.4 Å². The number of hydrogen-bond acceptors (Lipinski definition) is 4. The van der Waals surface area contributed by atoms with Gasteiger partial charge in [0.2, 0.25) is 5.91 Å². The van der Waals surface area contributed by atoms with Gasteiger partial charge in [0.1, 0.15) is 18.4 Å². The van der Waals surface area contributed by atoms with Gasteiger partial charge in [-0.25, -0.2) is 0 Å². The number of hydrogen-bond donors (Lipinski definition) is 2. The van der Waals surface area contributed by atoms with Crippen LogP contribution in [-0.4, -0.2) is 25.7 Å². The molecule has 2 aromatic carbocycles. The van der Waals surface area contributed by atoms with Crippen LogP contribution in [0.4, 0.5) is 0 Å². The molecule has 142 valence electrons.